The number of benzene rings is 4. The molecule has 2 saturated heterocycles. The SMILES string of the molecule is Cc1ccsc1-c1ccc([C@H](C)NC(=O)[C@@H]2C[C@@H](O)CN2C(=O)[C@@H](NC(=O)CCOCCOCCOCCCC(=O)c2ccc(NC(=O)[C@@H]3NC4(CCCCC4)[C@@]4(C(=O)Nc5cc(Cl)ccc54)[C@H]3c3cccc(Cl)c3F)cc2)C(C)(C)C)cc1. The third-order valence-corrected chi connectivity index (χ3v) is 18.5. The van der Waals surface area contributed by atoms with Crippen molar-refractivity contribution in [3.8, 4) is 10.4 Å². The summed E-state index contributed by atoms with van der Waals surface area (Å²) in [5.41, 5.74) is 2.47. The van der Waals surface area contributed by atoms with Crippen LogP contribution in [-0.4, -0.2) is 121 Å². The Balaban J connectivity index is 0.674. The zero-order valence-electron chi connectivity index (χ0n) is 48.1. The smallest absolute Gasteiger partial charge is 0.246 e. The highest BCUT2D eigenvalue weighted by molar-refractivity contribution is 7.13. The maximum absolute atomic E-state index is 16.3. The summed E-state index contributed by atoms with van der Waals surface area (Å²) in [5.74, 6) is -3.78. The van der Waals surface area contributed by atoms with Gasteiger partial charge in [0, 0.05) is 70.7 Å². The summed E-state index contributed by atoms with van der Waals surface area (Å²) in [7, 11) is 0. The van der Waals surface area contributed by atoms with E-state index in [1.165, 1.54) is 21.4 Å². The zero-order chi connectivity index (χ0) is 59.9. The minimum atomic E-state index is -1.37. The number of amides is 5. The number of carbonyl (C=O) groups excluding carboxylic acids is 6. The van der Waals surface area contributed by atoms with Gasteiger partial charge in [0.15, 0.2) is 5.78 Å². The molecule has 20 heteroatoms. The Hall–Kier alpha value is -6.09. The molecule has 3 fully saturated rings. The van der Waals surface area contributed by atoms with Gasteiger partial charge in [-0.05, 0) is 120 Å². The summed E-state index contributed by atoms with van der Waals surface area (Å²) < 4.78 is 33.3. The molecule has 7 atom stereocenters. The van der Waals surface area contributed by atoms with Gasteiger partial charge in [0.25, 0.3) is 0 Å². The molecule has 4 aliphatic rings. The van der Waals surface area contributed by atoms with Crippen molar-refractivity contribution in [1.82, 2.24) is 20.9 Å². The lowest BCUT2D eigenvalue weighted by Gasteiger charge is -2.47. The molecule has 9 rings (SSSR count). The Bertz CT molecular complexity index is 3200. The normalized spacial score (nSPS) is 21.5. The minimum absolute atomic E-state index is 0.0129. The van der Waals surface area contributed by atoms with E-state index in [1.54, 1.807) is 59.9 Å². The number of nitrogens with zero attached hydrogens (tertiary/aromatic N) is 1. The third kappa shape index (κ3) is 13.5. The number of ether oxygens (including phenoxy) is 3. The number of ketones is 1. The van der Waals surface area contributed by atoms with E-state index in [-0.39, 0.29) is 86.5 Å². The van der Waals surface area contributed by atoms with Crippen LogP contribution in [0.15, 0.2) is 96.4 Å². The lowest BCUT2D eigenvalue weighted by atomic mass is 9.55. The maximum Gasteiger partial charge on any atom is 0.246 e. The average Bonchev–Trinajstić information content (AvgIpc) is 1.51. The first kappa shape index (κ1) is 62.4. The molecule has 2 spiro atoms. The minimum Gasteiger partial charge on any atom is -0.391 e. The van der Waals surface area contributed by atoms with E-state index in [2.05, 4.69) is 45.0 Å². The van der Waals surface area contributed by atoms with Gasteiger partial charge in [0.1, 0.15) is 23.3 Å². The lowest BCUT2D eigenvalue weighted by molar-refractivity contribution is -0.144. The van der Waals surface area contributed by atoms with E-state index in [4.69, 9.17) is 37.4 Å². The van der Waals surface area contributed by atoms with Gasteiger partial charge in [-0.25, -0.2) is 4.39 Å². The van der Waals surface area contributed by atoms with Gasteiger partial charge in [0.05, 0.1) is 56.2 Å². The average molecular weight is 1210 g/mol. The number of aryl methyl sites for hydroxylation is 1. The Labute approximate surface area is 504 Å². The van der Waals surface area contributed by atoms with Crippen molar-refractivity contribution in [3.63, 3.8) is 0 Å². The number of nitrogens with one attached hydrogen (secondary N) is 5. The first-order valence-electron chi connectivity index (χ1n) is 29.0. The number of hydrogen-bond donors (Lipinski definition) is 6. The maximum atomic E-state index is 16.3. The highest BCUT2D eigenvalue weighted by Gasteiger charge is 2.72. The molecule has 6 N–H and O–H groups in total. The van der Waals surface area contributed by atoms with E-state index < -0.39 is 70.1 Å². The summed E-state index contributed by atoms with van der Waals surface area (Å²) in [6.07, 6.45) is 3.62. The summed E-state index contributed by atoms with van der Waals surface area (Å²) >= 11 is 14.5. The van der Waals surface area contributed by atoms with Crippen LogP contribution in [0.2, 0.25) is 10.0 Å². The summed E-state index contributed by atoms with van der Waals surface area (Å²) in [6, 6.07) is 23.3. The number of Topliss-reactive ketones (excluding diaryl/α,β-unsaturated/α-hetero) is 1. The predicted octanol–water partition coefficient (Wildman–Crippen LogP) is 10.2. The molecule has 1 aliphatic carbocycles. The van der Waals surface area contributed by atoms with Crippen LogP contribution in [0.25, 0.3) is 10.4 Å². The summed E-state index contributed by atoms with van der Waals surface area (Å²) in [5, 5.41) is 28.6. The number of likely N-dealkylation sites (tertiary alicyclic amines) is 1. The number of halogens is 3. The van der Waals surface area contributed by atoms with E-state index in [0.717, 1.165) is 30.4 Å². The predicted molar refractivity (Wildman–Crippen MR) is 323 cm³/mol. The second kappa shape index (κ2) is 27.1. The number of hydrogen-bond acceptors (Lipinski definition) is 12. The largest absolute Gasteiger partial charge is 0.391 e. The molecule has 5 amide bonds. The van der Waals surface area contributed by atoms with Crippen molar-refractivity contribution in [2.75, 3.05) is 56.8 Å². The molecule has 0 radical (unpaired) electrons. The van der Waals surface area contributed by atoms with Gasteiger partial charge in [0.2, 0.25) is 29.5 Å². The number of thiophene rings is 1. The monoisotopic (exact) mass is 1210 g/mol. The van der Waals surface area contributed by atoms with Crippen LogP contribution in [0.1, 0.15) is 130 Å². The molecular formula is C64H75Cl2FN6O10S. The van der Waals surface area contributed by atoms with E-state index in [1.807, 2.05) is 58.0 Å². The number of aliphatic hydroxyl groups is 1. The van der Waals surface area contributed by atoms with Gasteiger partial charge in [-0.1, -0.05) is 106 Å². The van der Waals surface area contributed by atoms with E-state index in [9.17, 15) is 33.9 Å². The van der Waals surface area contributed by atoms with Crippen molar-refractivity contribution in [1.29, 1.82) is 0 Å². The van der Waals surface area contributed by atoms with Crippen LogP contribution >= 0.6 is 34.5 Å². The molecule has 4 heterocycles. The standard InChI is InChI=1S/C64H75Cl2FN6O10S/c1-38-25-34-84-56(38)42-16-14-40(15-17-42)39(2)68-58(77)50-36-45(74)37-73(50)60(79)57(62(3,4)5)71-52(76)24-29-82-31-33-83-32-30-81-28-10-13-51(75)41-18-21-44(22-19-41)69-59(78)55-53(46-11-9-12-48(66)54(46)67)64(63(72-55)26-7-6-8-27-63)47-23-20-43(65)35-49(47)70-61(64)80/h9,11-12,14-23,25,34-35,39,45,50,53,55,57,72,74H,6-8,10,13,24,26-33,36-37H2,1-5H3,(H,68,77)(H,69,78)(H,70,80)(H,71,76)/t39-,45+,50-,53-,55+,57+,64+/m0/s1. The zero-order valence-corrected chi connectivity index (χ0v) is 50.5. The highest BCUT2D eigenvalue weighted by atomic mass is 35.5. The summed E-state index contributed by atoms with van der Waals surface area (Å²) in [4.78, 5) is 86.0. The molecule has 0 bridgehead atoms. The van der Waals surface area contributed by atoms with Crippen molar-refractivity contribution >= 4 is 81.2 Å². The van der Waals surface area contributed by atoms with E-state index in [0.29, 0.717) is 60.0 Å². The molecule has 3 aliphatic heterocycles. The Morgan fingerprint density at radius 2 is 1.54 bits per heavy atom. The molecule has 1 aromatic heterocycles. The van der Waals surface area contributed by atoms with Crippen LogP contribution in [0.3, 0.4) is 0 Å². The Kier molecular flexibility index (Phi) is 20.1. The molecule has 0 unspecified atom stereocenters. The second-order valence-corrected chi connectivity index (χ2v) is 25.3. The number of anilines is 2. The highest BCUT2D eigenvalue weighted by Crippen LogP contribution is 2.63. The van der Waals surface area contributed by atoms with Crippen molar-refractivity contribution in [2.24, 2.45) is 5.41 Å². The molecular weight excluding hydrogens is 1130 g/mol. The quantitative estimate of drug-likeness (QED) is 0.0267. The van der Waals surface area contributed by atoms with Gasteiger partial charge in [-0.2, -0.15) is 0 Å². The van der Waals surface area contributed by atoms with Gasteiger partial charge >= 0.3 is 0 Å². The van der Waals surface area contributed by atoms with Gasteiger partial charge < -0.3 is 45.5 Å². The Morgan fingerprint density at radius 3 is 2.21 bits per heavy atom. The fraction of sp³-hybridized carbons (Fsp3) is 0.469. The fourth-order valence-electron chi connectivity index (χ4n) is 12.7. The van der Waals surface area contributed by atoms with Crippen molar-refractivity contribution in [3.05, 3.63) is 140 Å². The van der Waals surface area contributed by atoms with Gasteiger partial charge in [-0.3, -0.25) is 34.1 Å². The Morgan fingerprint density at radius 1 is 0.845 bits per heavy atom. The molecule has 16 nitrogen and oxygen atoms in total. The number of rotatable bonds is 23. The van der Waals surface area contributed by atoms with Crippen LogP contribution in [0.5, 0.6) is 0 Å². The third-order valence-electron chi connectivity index (χ3n) is 16.9. The summed E-state index contributed by atoms with van der Waals surface area (Å²) in [6.45, 7) is 10.9. The van der Waals surface area contributed by atoms with Crippen molar-refractivity contribution in [2.45, 2.75) is 140 Å². The number of aliphatic hydroxyl groups excluding tert-OH is 1. The first-order chi connectivity index (χ1) is 40.2. The van der Waals surface area contributed by atoms with E-state index >= 15 is 4.39 Å². The fourth-order valence-corrected chi connectivity index (χ4v) is 14.0. The van der Waals surface area contributed by atoms with Crippen LogP contribution < -0.4 is 26.6 Å². The van der Waals surface area contributed by atoms with Crippen molar-refractivity contribution < 1.29 is 52.5 Å². The molecule has 5 aromatic rings. The van der Waals surface area contributed by atoms with Gasteiger partial charge in [-0.15, -0.1) is 11.3 Å². The second-order valence-electron chi connectivity index (χ2n) is 23.6. The first-order valence-corrected chi connectivity index (χ1v) is 30.6. The number of β-amino-alcohol motifs (C(OH)–C–C–N with tert-alkyl or cyclic N) is 1. The number of carbonyl (C=O) groups is 6. The van der Waals surface area contributed by atoms with Crippen LogP contribution in [-0.2, 0) is 43.6 Å². The topological polar surface area (TPSA) is 214 Å². The van der Waals surface area contributed by atoms with Crippen LogP contribution in [0, 0.1) is 18.2 Å². The molecule has 84 heavy (non-hydrogen) atoms. The molecule has 1 saturated carbocycles. The molecule has 448 valence electrons. The molecule has 4 aromatic carbocycles. The van der Waals surface area contributed by atoms with Crippen LogP contribution in [0.4, 0.5) is 15.8 Å². The lowest BCUT2D eigenvalue weighted by Crippen LogP contribution is -2.60. The number of fused-ring (bicyclic) bond motifs is 3.